The maximum absolute atomic E-state index is 12.6. The second-order valence-corrected chi connectivity index (χ2v) is 7.87. The Balaban J connectivity index is 0.00000320. The highest BCUT2D eigenvalue weighted by Crippen LogP contribution is 2.20. The third kappa shape index (κ3) is 6.57. The molecule has 0 aliphatic carbocycles. The van der Waals surface area contributed by atoms with Crippen molar-refractivity contribution in [1.29, 1.82) is 0 Å². The second-order valence-electron chi connectivity index (χ2n) is 7.87. The molecule has 2 unspecified atom stereocenters. The number of nitrogens with two attached hydrogens (primary N) is 1. The van der Waals surface area contributed by atoms with Gasteiger partial charge in [0, 0.05) is 31.6 Å². The van der Waals surface area contributed by atoms with E-state index in [2.05, 4.69) is 17.4 Å². The lowest BCUT2D eigenvalue weighted by Gasteiger charge is -2.33. The number of benzene rings is 2. The van der Waals surface area contributed by atoms with Crippen LogP contribution in [0.1, 0.15) is 43.4 Å². The first kappa shape index (κ1) is 23.9. The minimum Gasteiger partial charge on any atom is -0.353 e. The molecule has 2 amide bonds. The topological polar surface area (TPSA) is 75.4 Å². The van der Waals surface area contributed by atoms with E-state index in [-0.39, 0.29) is 42.2 Å². The summed E-state index contributed by atoms with van der Waals surface area (Å²) in [6, 6.07) is 19.6. The van der Waals surface area contributed by atoms with Crippen LogP contribution in [-0.2, 0) is 16.0 Å². The van der Waals surface area contributed by atoms with Crippen LogP contribution in [0.3, 0.4) is 0 Å². The van der Waals surface area contributed by atoms with Gasteiger partial charge in [0.05, 0.1) is 5.92 Å². The molecule has 2 atom stereocenters. The summed E-state index contributed by atoms with van der Waals surface area (Å²) in [5.74, 6) is -0.128. The van der Waals surface area contributed by atoms with Crippen LogP contribution >= 0.6 is 12.4 Å². The predicted molar refractivity (Wildman–Crippen MR) is 122 cm³/mol. The quantitative estimate of drug-likeness (QED) is 0.707. The van der Waals surface area contributed by atoms with E-state index in [4.69, 9.17) is 5.73 Å². The lowest BCUT2D eigenvalue weighted by Crippen LogP contribution is -2.48. The molecule has 0 bridgehead atoms. The van der Waals surface area contributed by atoms with Crippen molar-refractivity contribution >= 4 is 24.2 Å². The van der Waals surface area contributed by atoms with Crippen molar-refractivity contribution in [2.75, 3.05) is 13.1 Å². The van der Waals surface area contributed by atoms with Gasteiger partial charge in [-0.05, 0) is 30.4 Å². The highest BCUT2D eigenvalue weighted by molar-refractivity contribution is 5.85. The summed E-state index contributed by atoms with van der Waals surface area (Å²) < 4.78 is 0. The summed E-state index contributed by atoms with van der Waals surface area (Å²) in [5, 5.41) is 3.13. The number of rotatable bonds is 7. The van der Waals surface area contributed by atoms with Crippen molar-refractivity contribution in [2.45, 2.75) is 44.7 Å². The lowest BCUT2D eigenvalue weighted by molar-refractivity contribution is -0.132. The fourth-order valence-electron chi connectivity index (χ4n) is 3.79. The largest absolute Gasteiger partial charge is 0.353 e. The molecular formula is C24H32ClN3O2. The molecule has 3 rings (SSSR count). The fourth-order valence-corrected chi connectivity index (χ4v) is 3.79. The van der Waals surface area contributed by atoms with E-state index < -0.39 is 0 Å². The maximum Gasteiger partial charge on any atom is 0.224 e. The monoisotopic (exact) mass is 429 g/mol. The van der Waals surface area contributed by atoms with Gasteiger partial charge in [-0.1, -0.05) is 67.6 Å². The summed E-state index contributed by atoms with van der Waals surface area (Å²) in [5.41, 5.74) is 8.43. The van der Waals surface area contributed by atoms with E-state index in [1.165, 1.54) is 5.56 Å². The minimum absolute atomic E-state index is 0. The Hall–Kier alpha value is -2.37. The first-order valence-electron chi connectivity index (χ1n) is 10.5. The number of likely N-dealkylation sites (tertiary alicyclic amines) is 1. The molecule has 1 aliphatic rings. The smallest absolute Gasteiger partial charge is 0.224 e. The highest BCUT2D eigenvalue weighted by Gasteiger charge is 2.27. The Kier molecular flexibility index (Phi) is 9.34. The molecular weight excluding hydrogens is 398 g/mol. The molecule has 2 aromatic rings. The van der Waals surface area contributed by atoms with Gasteiger partial charge in [-0.3, -0.25) is 9.59 Å². The number of hydrogen-bond donors (Lipinski definition) is 2. The standard InChI is InChI=1S/C24H31N3O2.ClH/c1-18(23(25)20-10-6-3-7-11-20)24(29)26-21-14-16-27(17-15-21)22(28)13-12-19-8-4-2-5-9-19;/h2-11,18,21,23H,12-17,25H2,1H3,(H,26,29);1H. The fraction of sp³-hybridized carbons (Fsp3) is 0.417. The Bertz CT molecular complexity index is 793. The van der Waals surface area contributed by atoms with Crippen molar-refractivity contribution in [3.05, 3.63) is 71.8 Å². The van der Waals surface area contributed by atoms with Crippen molar-refractivity contribution in [3.63, 3.8) is 0 Å². The van der Waals surface area contributed by atoms with E-state index in [1.807, 2.05) is 60.4 Å². The van der Waals surface area contributed by atoms with Gasteiger partial charge in [0.2, 0.25) is 11.8 Å². The summed E-state index contributed by atoms with van der Waals surface area (Å²) in [6.45, 7) is 3.25. The molecule has 2 aromatic carbocycles. The zero-order valence-corrected chi connectivity index (χ0v) is 18.3. The predicted octanol–water partition coefficient (Wildman–Crippen LogP) is 3.48. The van der Waals surface area contributed by atoms with Crippen molar-refractivity contribution in [1.82, 2.24) is 10.2 Å². The van der Waals surface area contributed by atoms with Gasteiger partial charge in [0.25, 0.3) is 0 Å². The number of piperidine rings is 1. The second kappa shape index (κ2) is 11.7. The van der Waals surface area contributed by atoms with Crippen LogP contribution < -0.4 is 11.1 Å². The third-order valence-corrected chi connectivity index (χ3v) is 5.80. The molecule has 162 valence electrons. The first-order valence-corrected chi connectivity index (χ1v) is 10.5. The Morgan fingerprint density at radius 1 is 1.03 bits per heavy atom. The van der Waals surface area contributed by atoms with Crippen LogP contribution in [0.2, 0.25) is 0 Å². The Labute approximate surface area is 185 Å². The maximum atomic E-state index is 12.6. The molecule has 0 radical (unpaired) electrons. The van der Waals surface area contributed by atoms with Crippen LogP contribution in [0, 0.1) is 5.92 Å². The zero-order valence-electron chi connectivity index (χ0n) is 17.5. The van der Waals surface area contributed by atoms with Crippen molar-refractivity contribution in [2.24, 2.45) is 11.7 Å². The zero-order chi connectivity index (χ0) is 20.6. The molecule has 0 spiro atoms. The number of nitrogens with one attached hydrogen (secondary N) is 1. The average molecular weight is 430 g/mol. The van der Waals surface area contributed by atoms with Crippen LogP contribution in [0.5, 0.6) is 0 Å². The van der Waals surface area contributed by atoms with Crippen LogP contribution in [0.15, 0.2) is 60.7 Å². The van der Waals surface area contributed by atoms with Gasteiger partial charge >= 0.3 is 0 Å². The number of halogens is 1. The molecule has 5 nitrogen and oxygen atoms in total. The van der Waals surface area contributed by atoms with Crippen LogP contribution in [0.4, 0.5) is 0 Å². The number of carbonyl (C=O) groups is 2. The Morgan fingerprint density at radius 3 is 2.20 bits per heavy atom. The van der Waals surface area contributed by atoms with E-state index in [9.17, 15) is 9.59 Å². The third-order valence-electron chi connectivity index (χ3n) is 5.80. The van der Waals surface area contributed by atoms with Gasteiger partial charge < -0.3 is 16.0 Å². The van der Waals surface area contributed by atoms with Gasteiger partial charge in [0.1, 0.15) is 0 Å². The number of hydrogen-bond acceptors (Lipinski definition) is 3. The molecule has 1 heterocycles. The first-order chi connectivity index (χ1) is 14.0. The molecule has 1 fully saturated rings. The van der Waals surface area contributed by atoms with Crippen molar-refractivity contribution < 1.29 is 9.59 Å². The van der Waals surface area contributed by atoms with E-state index >= 15 is 0 Å². The summed E-state index contributed by atoms with van der Waals surface area (Å²) in [6.07, 6.45) is 2.88. The van der Waals surface area contributed by atoms with E-state index in [0.717, 1.165) is 24.8 Å². The summed E-state index contributed by atoms with van der Waals surface area (Å²) in [4.78, 5) is 27.0. The molecule has 0 aromatic heterocycles. The number of aryl methyl sites for hydroxylation is 1. The average Bonchev–Trinajstić information content (AvgIpc) is 2.78. The van der Waals surface area contributed by atoms with E-state index in [1.54, 1.807) is 0 Å². The number of carbonyl (C=O) groups excluding carboxylic acids is 2. The van der Waals surface area contributed by atoms with E-state index in [0.29, 0.717) is 19.5 Å². The normalized spacial score (nSPS) is 16.3. The molecule has 6 heteroatoms. The summed E-state index contributed by atoms with van der Waals surface area (Å²) >= 11 is 0. The number of nitrogens with zero attached hydrogens (tertiary/aromatic N) is 1. The van der Waals surface area contributed by atoms with Gasteiger partial charge in [-0.25, -0.2) is 0 Å². The van der Waals surface area contributed by atoms with Gasteiger partial charge in [-0.2, -0.15) is 0 Å². The Morgan fingerprint density at radius 2 is 1.60 bits per heavy atom. The molecule has 30 heavy (non-hydrogen) atoms. The lowest BCUT2D eigenvalue weighted by atomic mass is 9.94. The van der Waals surface area contributed by atoms with Gasteiger partial charge in [-0.15, -0.1) is 12.4 Å². The SMILES string of the molecule is CC(C(=O)NC1CCN(C(=O)CCc2ccccc2)CC1)C(N)c1ccccc1.Cl. The van der Waals surface area contributed by atoms with Gasteiger partial charge in [0.15, 0.2) is 0 Å². The summed E-state index contributed by atoms with van der Waals surface area (Å²) in [7, 11) is 0. The number of amides is 2. The van der Waals surface area contributed by atoms with Crippen LogP contribution in [0.25, 0.3) is 0 Å². The molecule has 1 aliphatic heterocycles. The molecule has 0 saturated carbocycles. The highest BCUT2D eigenvalue weighted by atomic mass is 35.5. The van der Waals surface area contributed by atoms with Crippen molar-refractivity contribution in [3.8, 4) is 0 Å². The minimum atomic E-state index is -0.323. The molecule has 3 N–H and O–H groups in total. The molecule has 1 saturated heterocycles. The van der Waals surface area contributed by atoms with Crippen LogP contribution in [-0.4, -0.2) is 35.8 Å².